The average molecular weight is 274 g/mol. The van der Waals surface area contributed by atoms with Crippen LogP contribution in [0.3, 0.4) is 0 Å². The molecule has 0 radical (unpaired) electrons. The van der Waals surface area contributed by atoms with Crippen LogP contribution in [0.2, 0.25) is 0 Å². The van der Waals surface area contributed by atoms with Crippen molar-refractivity contribution in [3.8, 4) is 11.5 Å². The first-order valence-electron chi connectivity index (χ1n) is 6.64. The van der Waals surface area contributed by atoms with Gasteiger partial charge in [-0.1, -0.05) is 12.1 Å². The number of oxazole rings is 1. The van der Waals surface area contributed by atoms with E-state index >= 15 is 0 Å². The van der Waals surface area contributed by atoms with Gasteiger partial charge < -0.3 is 15.3 Å². The number of carboxylic acids is 1. The van der Waals surface area contributed by atoms with Gasteiger partial charge in [0.25, 0.3) is 0 Å². The van der Waals surface area contributed by atoms with Gasteiger partial charge in [0.05, 0.1) is 5.69 Å². The lowest BCUT2D eigenvalue weighted by molar-refractivity contribution is -0.136. The topological polar surface area (TPSA) is 89.3 Å². The quantitative estimate of drug-likeness (QED) is 0.808. The Labute approximate surface area is 117 Å². The number of aryl methyl sites for hydroxylation is 2. The first-order valence-corrected chi connectivity index (χ1v) is 6.64. The Morgan fingerprint density at radius 1 is 1.25 bits per heavy atom. The van der Waals surface area contributed by atoms with Crippen LogP contribution in [0.25, 0.3) is 11.5 Å². The molecule has 106 valence electrons. The van der Waals surface area contributed by atoms with E-state index in [1.165, 1.54) is 0 Å². The molecule has 5 heteroatoms. The van der Waals surface area contributed by atoms with Gasteiger partial charge in [-0.15, -0.1) is 0 Å². The Morgan fingerprint density at radius 2 is 2.00 bits per heavy atom. The minimum atomic E-state index is -0.786. The van der Waals surface area contributed by atoms with Crippen LogP contribution in [0.5, 0.6) is 0 Å². The first-order chi connectivity index (χ1) is 9.69. The third kappa shape index (κ3) is 3.93. The number of carboxylic acid groups (broad SMARTS) is 1. The minimum Gasteiger partial charge on any atom is -0.481 e. The van der Waals surface area contributed by atoms with E-state index in [1.54, 1.807) is 6.26 Å². The predicted molar refractivity (Wildman–Crippen MR) is 75.3 cm³/mol. The fraction of sp³-hybridized carbons (Fsp3) is 0.333. The molecule has 0 aliphatic rings. The average Bonchev–Trinajstić information content (AvgIpc) is 2.92. The maximum absolute atomic E-state index is 10.5. The van der Waals surface area contributed by atoms with Gasteiger partial charge in [0.2, 0.25) is 5.89 Å². The molecule has 0 saturated carbocycles. The number of nitrogens with two attached hydrogens (primary N) is 1. The summed E-state index contributed by atoms with van der Waals surface area (Å²) in [7, 11) is 0. The molecule has 20 heavy (non-hydrogen) atoms. The van der Waals surface area contributed by atoms with Crippen LogP contribution in [-0.2, 0) is 17.6 Å². The number of hydrogen-bond acceptors (Lipinski definition) is 4. The Bertz CT molecular complexity index is 561. The summed E-state index contributed by atoms with van der Waals surface area (Å²) in [6.07, 6.45) is 4.03. The number of aromatic nitrogens is 1. The lowest BCUT2D eigenvalue weighted by atomic mass is 10.1. The van der Waals surface area contributed by atoms with E-state index in [1.807, 2.05) is 24.3 Å². The van der Waals surface area contributed by atoms with Gasteiger partial charge in [-0.05, 0) is 43.5 Å². The van der Waals surface area contributed by atoms with Gasteiger partial charge in [-0.25, -0.2) is 4.98 Å². The summed E-state index contributed by atoms with van der Waals surface area (Å²) in [5.41, 5.74) is 8.25. The van der Waals surface area contributed by atoms with Crippen molar-refractivity contribution in [2.75, 3.05) is 6.54 Å². The molecular formula is C15H18N2O3. The van der Waals surface area contributed by atoms with Gasteiger partial charge in [0.15, 0.2) is 0 Å². The minimum absolute atomic E-state index is 0.140. The summed E-state index contributed by atoms with van der Waals surface area (Å²) >= 11 is 0. The van der Waals surface area contributed by atoms with Crippen molar-refractivity contribution in [1.82, 2.24) is 4.98 Å². The maximum atomic E-state index is 10.5. The highest BCUT2D eigenvalue weighted by atomic mass is 16.4. The van der Waals surface area contributed by atoms with E-state index < -0.39 is 5.97 Å². The molecule has 0 atom stereocenters. The summed E-state index contributed by atoms with van der Waals surface area (Å²) in [6.45, 7) is 0.639. The molecule has 2 rings (SSSR count). The van der Waals surface area contributed by atoms with Gasteiger partial charge in [-0.3, -0.25) is 4.79 Å². The van der Waals surface area contributed by atoms with Crippen molar-refractivity contribution in [3.63, 3.8) is 0 Å². The van der Waals surface area contributed by atoms with Crippen LogP contribution in [-0.4, -0.2) is 22.6 Å². The standard InChI is InChI=1S/C15H18N2O3/c16-9-1-2-13-10-20-15(17-13)12-6-3-11(4-7-12)5-8-14(18)19/h3-4,6-7,10H,1-2,5,8-9,16H2,(H,18,19). The second-order valence-electron chi connectivity index (χ2n) is 4.63. The lowest BCUT2D eigenvalue weighted by Crippen LogP contribution is -2.00. The van der Waals surface area contributed by atoms with E-state index in [0.29, 0.717) is 18.9 Å². The Hall–Kier alpha value is -2.14. The van der Waals surface area contributed by atoms with Gasteiger partial charge >= 0.3 is 5.97 Å². The molecular weight excluding hydrogens is 256 g/mol. The molecule has 1 heterocycles. The molecule has 0 aliphatic carbocycles. The van der Waals surface area contributed by atoms with Gasteiger partial charge in [0.1, 0.15) is 6.26 Å². The zero-order valence-electron chi connectivity index (χ0n) is 11.2. The second-order valence-corrected chi connectivity index (χ2v) is 4.63. The molecule has 0 fully saturated rings. The zero-order valence-corrected chi connectivity index (χ0v) is 11.2. The molecule has 0 bridgehead atoms. The summed E-state index contributed by atoms with van der Waals surface area (Å²) in [4.78, 5) is 14.9. The van der Waals surface area contributed by atoms with E-state index in [9.17, 15) is 4.79 Å². The number of carbonyl (C=O) groups is 1. The van der Waals surface area contributed by atoms with E-state index in [4.69, 9.17) is 15.3 Å². The molecule has 0 aliphatic heterocycles. The molecule has 0 amide bonds. The highest BCUT2D eigenvalue weighted by Crippen LogP contribution is 2.20. The highest BCUT2D eigenvalue weighted by Gasteiger charge is 2.07. The smallest absolute Gasteiger partial charge is 0.303 e. The zero-order chi connectivity index (χ0) is 14.4. The second kappa shape index (κ2) is 6.86. The molecule has 1 aromatic carbocycles. The van der Waals surface area contributed by atoms with Gasteiger partial charge in [0, 0.05) is 12.0 Å². The van der Waals surface area contributed by atoms with Crippen LogP contribution in [0.1, 0.15) is 24.1 Å². The number of benzene rings is 1. The lowest BCUT2D eigenvalue weighted by Gasteiger charge is -2.00. The Morgan fingerprint density at radius 3 is 2.65 bits per heavy atom. The van der Waals surface area contributed by atoms with Crippen LogP contribution in [0, 0.1) is 0 Å². The number of hydrogen-bond donors (Lipinski definition) is 2. The molecule has 0 unspecified atom stereocenters. The SMILES string of the molecule is NCCCc1coc(-c2ccc(CCC(=O)O)cc2)n1. The summed E-state index contributed by atoms with van der Waals surface area (Å²) in [5, 5.41) is 8.65. The van der Waals surface area contributed by atoms with Crippen LogP contribution >= 0.6 is 0 Å². The first kappa shape index (κ1) is 14.3. The molecule has 1 aromatic heterocycles. The van der Waals surface area contributed by atoms with E-state index in [-0.39, 0.29) is 6.42 Å². The number of aliphatic carboxylic acids is 1. The molecule has 0 spiro atoms. The van der Waals surface area contributed by atoms with Crippen molar-refractivity contribution in [2.24, 2.45) is 5.73 Å². The van der Waals surface area contributed by atoms with Crippen molar-refractivity contribution in [2.45, 2.75) is 25.7 Å². The number of rotatable bonds is 7. The molecule has 0 saturated heterocycles. The maximum Gasteiger partial charge on any atom is 0.303 e. The normalized spacial score (nSPS) is 10.7. The molecule has 3 N–H and O–H groups in total. The van der Waals surface area contributed by atoms with Crippen LogP contribution in [0.4, 0.5) is 0 Å². The van der Waals surface area contributed by atoms with Crippen molar-refractivity contribution in [1.29, 1.82) is 0 Å². The predicted octanol–water partition coefficient (Wildman–Crippen LogP) is 2.25. The third-order valence-electron chi connectivity index (χ3n) is 3.02. The monoisotopic (exact) mass is 274 g/mol. The highest BCUT2D eigenvalue weighted by molar-refractivity contribution is 5.67. The van der Waals surface area contributed by atoms with Crippen molar-refractivity contribution in [3.05, 3.63) is 41.8 Å². The fourth-order valence-electron chi connectivity index (χ4n) is 1.90. The third-order valence-corrected chi connectivity index (χ3v) is 3.02. The largest absolute Gasteiger partial charge is 0.481 e. The van der Waals surface area contributed by atoms with E-state index in [0.717, 1.165) is 29.7 Å². The summed E-state index contributed by atoms with van der Waals surface area (Å²) in [5.74, 6) is -0.201. The Balaban J connectivity index is 2.01. The van der Waals surface area contributed by atoms with Crippen molar-refractivity contribution < 1.29 is 14.3 Å². The summed E-state index contributed by atoms with van der Waals surface area (Å²) in [6, 6.07) is 7.61. The van der Waals surface area contributed by atoms with E-state index in [2.05, 4.69) is 4.98 Å². The molecule has 2 aromatic rings. The van der Waals surface area contributed by atoms with Gasteiger partial charge in [-0.2, -0.15) is 0 Å². The molecule has 5 nitrogen and oxygen atoms in total. The van der Waals surface area contributed by atoms with Crippen LogP contribution < -0.4 is 5.73 Å². The van der Waals surface area contributed by atoms with Crippen LogP contribution in [0.15, 0.2) is 34.9 Å². The Kier molecular flexibility index (Phi) is 4.90. The van der Waals surface area contributed by atoms with Crippen molar-refractivity contribution >= 4 is 5.97 Å². The number of nitrogens with zero attached hydrogens (tertiary/aromatic N) is 1. The summed E-state index contributed by atoms with van der Waals surface area (Å²) < 4.78 is 5.44. The fourth-order valence-corrected chi connectivity index (χ4v) is 1.90.